The first-order valence-corrected chi connectivity index (χ1v) is 8.70. The van der Waals surface area contributed by atoms with E-state index in [-0.39, 0.29) is 11.7 Å². The predicted octanol–water partition coefficient (Wildman–Crippen LogP) is 5.38. The van der Waals surface area contributed by atoms with Crippen LogP contribution in [0.5, 0.6) is 0 Å². The van der Waals surface area contributed by atoms with Crippen molar-refractivity contribution in [3.8, 4) is 11.1 Å². The second-order valence-electron chi connectivity index (χ2n) is 6.77. The van der Waals surface area contributed by atoms with E-state index in [0.717, 1.165) is 22.3 Å². The maximum absolute atomic E-state index is 14.1. The van der Waals surface area contributed by atoms with Gasteiger partial charge in [-0.25, -0.2) is 8.78 Å². The highest BCUT2D eigenvalue weighted by Gasteiger charge is 2.15. The number of carbonyl (C=O) groups is 1. The lowest BCUT2D eigenvalue weighted by Gasteiger charge is -2.15. The molecule has 2 atom stereocenters. The van der Waals surface area contributed by atoms with Gasteiger partial charge in [-0.15, -0.1) is 0 Å². The molecule has 1 amide bonds. The zero-order valence-electron chi connectivity index (χ0n) is 15.9. The highest BCUT2D eigenvalue weighted by molar-refractivity contribution is 5.97. The molecule has 0 aliphatic heterocycles. The molecular weight excluding hydrogens is 332 g/mol. The molecule has 0 saturated carbocycles. The van der Waals surface area contributed by atoms with Gasteiger partial charge < -0.3 is 5.32 Å². The van der Waals surface area contributed by atoms with Crippen LogP contribution in [0.4, 0.5) is 8.78 Å². The van der Waals surface area contributed by atoms with Gasteiger partial charge in [-0.3, -0.25) is 4.79 Å². The molecule has 26 heavy (non-hydrogen) atoms. The van der Waals surface area contributed by atoms with Crippen molar-refractivity contribution in [1.82, 2.24) is 5.32 Å². The van der Waals surface area contributed by atoms with E-state index >= 15 is 0 Å². The van der Waals surface area contributed by atoms with Crippen LogP contribution in [0.1, 0.15) is 37.5 Å². The highest BCUT2D eigenvalue weighted by Crippen LogP contribution is 2.29. The molecule has 0 aliphatic carbocycles. The monoisotopic (exact) mass is 357 g/mol. The van der Waals surface area contributed by atoms with Crippen LogP contribution < -0.4 is 5.32 Å². The largest absolute Gasteiger partial charge is 0.347 e. The van der Waals surface area contributed by atoms with Crippen LogP contribution in [0.15, 0.2) is 42.0 Å². The molecule has 2 rings (SSSR count). The molecule has 2 nitrogen and oxygen atoms in total. The predicted molar refractivity (Wildman–Crippen MR) is 103 cm³/mol. The minimum Gasteiger partial charge on any atom is -0.347 e. The fourth-order valence-corrected chi connectivity index (χ4v) is 2.70. The lowest BCUT2D eigenvalue weighted by atomic mass is 9.94. The van der Waals surface area contributed by atoms with Crippen molar-refractivity contribution in [2.45, 2.75) is 46.8 Å². The normalized spacial score (nSPS) is 14.0. The first-order valence-electron chi connectivity index (χ1n) is 8.70. The van der Waals surface area contributed by atoms with E-state index in [1.54, 1.807) is 32.1 Å². The standard InChI is InChI=1S/C22H25F2NO/c1-13-12-20(19-8-6-7-9-21(19)24)14(2)10-18(13)11-15(3)22(26)25-17(5)16(4)23/h6-12,16-17H,1-5H3,(H,25,26)/b15-11+. The topological polar surface area (TPSA) is 29.1 Å². The second kappa shape index (κ2) is 8.26. The Kier molecular flexibility index (Phi) is 6.30. The summed E-state index contributed by atoms with van der Waals surface area (Å²) in [6.45, 7) is 8.59. The number of hydrogen-bond acceptors (Lipinski definition) is 1. The molecular formula is C22H25F2NO. The molecule has 0 radical (unpaired) electrons. The number of hydrogen-bond donors (Lipinski definition) is 1. The van der Waals surface area contributed by atoms with Crippen LogP contribution in [0.2, 0.25) is 0 Å². The summed E-state index contributed by atoms with van der Waals surface area (Å²) in [5.74, 6) is -0.555. The van der Waals surface area contributed by atoms with Crippen molar-refractivity contribution in [3.05, 3.63) is 64.5 Å². The lowest BCUT2D eigenvalue weighted by Crippen LogP contribution is -2.38. The smallest absolute Gasteiger partial charge is 0.247 e. The fraction of sp³-hybridized carbons (Fsp3) is 0.318. The third-order valence-electron chi connectivity index (χ3n) is 4.55. The molecule has 0 aliphatic rings. The van der Waals surface area contributed by atoms with Gasteiger partial charge in [0, 0.05) is 11.1 Å². The number of carbonyl (C=O) groups excluding carboxylic acids is 1. The number of nitrogens with one attached hydrogen (secondary N) is 1. The first-order chi connectivity index (χ1) is 12.2. The molecule has 0 saturated heterocycles. The van der Waals surface area contributed by atoms with Crippen molar-refractivity contribution in [2.24, 2.45) is 0 Å². The SMILES string of the molecule is C/C(=C\c1cc(C)c(-c2ccccc2F)cc1C)C(=O)NC(C)C(C)F. The van der Waals surface area contributed by atoms with E-state index in [4.69, 9.17) is 0 Å². The Balaban J connectivity index is 2.33. The quantitative estimate of drug-likeness (QED) is 0.716. The van der Waals surface area contributed by atoms with E-state index in [1.165, 1.54) is 13.0 Å². The van der Waals surface area contributed by atoms with Crippen LogP contribution >= 0.6 is 0 Å². The Hall–Kier alpha value is -2.49. The van der Waals surface area contributed by atoms with Crippen molar-refractivity contribution < 1.29 is 13.6 Å². The molecule has 0 fully saturated rings. The Morgan fingerprint density at radius 1 is 1.08 bits per heavy atom. The maximum atomic E-state index is 14.1. The Bertz CT molecular complexity index is 840. The molecule has 0 heterocycles. The van der Waals surface area contributed by atoms with Crippen LogP contribution in [0, 0.1) is 19.7 Å². The van der Waals surface area contributed by atoms with E-state index in [1.807, 2.05) is 32.0 Å². The molecule has 0 aromatic heterocycles. The van der Waals surface area contributed by atoms with Gasteiger partial charge in [-0.05, 0) is 69.0 Å². The van der Waals surface area contributed by atoms with Gasteiger partial charge in [-0.2, -0.15) is 0 Å². The number of aryl methyl sites for hydroxylation is 2. The van der Waals surface area contributed by atoms with Crippen LogP contribution in [0.3, 0.4) is 0 Å². The number of amides is 1. The average Bonchev–Trinajstić information content (AvgIpc) is 2.58. The summed E-state index contributed by atoms with van der Waals surface area (Å²) < 4.78 is 27.3. The molecule has 2 aromatic rings. The first kappa shape index (κ1) is 19.8. The summed E-state index contributed by atoms with van der Waals surface area (Å²) in [6, 6.07) is 10.00. The summed E-state index contributed by atoms with van der Waals surface area (Å²) >= 11 is 0. The van der Waals surface area contributed by atoms with Gasteiger partial charge >= 0.3 is 0 Å². The third kappa shape index (κ3) is 4.57. The summed E-state index contributed by atoms with van der Waals surface area (Å²) in [4.78, 5) is 12.2. The number of rotatable bonds is 5. The highest BCUT2D eigenvalue weighted by atomic mass is 19.1. The minimum absolute atomic E-state index is 0.261. The maximum Gasteiger partial charge on any atom is 0.247 e. The van der Waals surface area contributed by atoms with Crippen molar-refractivity contribution >= 4 is 12.0 Å². The van der Waals surface area contributed by atoms with E-state index < -0.39 is 12.2 Å². The molecule has 2 unspecified atom stereocenters. The lowest BCUT2D eigenvalue weighted by molar-refractivity contribution is -0.118. The van der Waals surface area contributed by atoms with E-state index in [2.05, 4.69) is 5.32 Å². The molecule has 0 bridgehead atoms. The molecule has 4 heteroatoms. The Morgan fingerprint density at radius 2 is 1.73 bits per heavy atom. The minimum atomic E-state index is -1.12. The summed E-state index contributed by atoms with van der Waals surface area (Å²) in [5.41, 5.74) is 4.64. The van der Waals surface area contributed by atoms with Gasteiger partial charge in [0.2, 0.25) is 5.91 Å². The zero-order valence-corrected chi connectivity index (χ0v) is 15.9. The zero-order chi connectivity index (χ0) is 19.4. The molecule has 0 spiro atoms. The van der Waals surface area contributed by atoms with Gasteiger partial charge in [0.15, 0.2) is 0 Å². The van der Waals surface area contributed by atoms with Gasteiger partial charge in [0.25, 0.3) is 0 Å². The fourth-order valence-electron chi connectivity index (χ4n) is 2.70. The number of alkyl halides is 1. The van der Waals surface area contributed by atoms with Crippen LogP contribution in [-0.4, -0.2) is 18.1 Å². The average molecular weight is 357 g/mol. The van der Waals surface area contributed by atoms with Crippen molar-refractivity contribution in [1.29, 1.82) is 0 Å². The van der Waals surface area contributed by atoms with Gasteiger partial charge in [-0.1, -0.05) is 30.3 Å². The van der Waals surface area contributed by atoms with E-state index in [9.17, 15) is 13.6 Å². The van der Waals surface area contributed by atoms with E-state index in [0.29, 0.717) is 11.1 Å². The molecule has 1 N–H and O–H groups in total. The summed E-state index contributed by atoms with van der Waals surface area (Å²) in [6.07, 6.45) is 0.661. The Labute approximate surface area is 153 Å². The third-order valence-corrected chi connectivity index (χ3v) is 4.55. The summed E-state index contributed by atoms with van der Waals surface area (Å²) in [5, 5.41) is 2.65. The van der Waals surface area contributed by atoms with Crippen LogP contribution in [-0.2, 0) is 4.79 Å². The van der Waals surface area contributed by atoms with Crippen LogP contribution in [0.25, 0.3) is 17.2 Å². The molecule has 138 valence electrons. The number of halogens is 2. The number of benzene rings is 2. The van der Waals surface area contributed by atoms with Gasteiger partial charge in [0.1, 0.15) is 12.0 Å². The van der Waals surface area contributed by atoms with Crippen molar-refractivity contribution in [3.63, 3.8) is 0 Å². The van der Waals surface area contributed by atoms with Gasteiger partial charge in [0.05, 0.1) is 6.04 Å². The second-order valence-corrected chi connectivity index (χ2v) is 6.77. The van der Waals surface area contributed by atoms with Crippen molar-refractivity contribution in [2.75, 3.05) is 0 Å². The Morgan fingerprint density at radius 3 is 2.35 bits per heavy atom. The molecule has 2 aromatic carbocycles. The summed E-state index contributed by atoms with van der Waals surface area (Å²) in [7, 11) is 0.